The van der Waals surface area contributed by atoms with E-state index < -0.39 is 5.97 Å². The van der Waals surface area contributed by atoms with Crippen LogP contribution in [-0.4, -0.2) is 55.8 Å². The fraction of sp³-hybridized carbons (Fsp3) is 0.290. The van der Waals surface area contributed by atoms with Crippen LogP contribution in [0.4, 0.5) is 0 Å². The second kappa shape index (κ2) is 11.7. The lowest BCUT2D eigenvalue weighted by Crippen LogP contribution is -2.28. The summed E-state index contributed by atoms with van der Waals surface area (Å²) in [5.74, 6) is 1.28. The number of rotatable bonds is 10. The number of H-pyrrole nitrogens is 1. The van der Waals surface area contributed by atoms with Gasteiger partial charge >= 0.3 is 5.97 Å². The fourth-order valence-corrected chi connectivity index (χ4v) is 4.60. The molecule has 0 saturated carbocycles. The van der Waals surface area contributed by atoms with E-state index in [4.69, 9.17) is 14.5 Å². The minimum absolute atomic E-state index is 0.151. The number of carbonyl (C=O) groups excluding carboxylic acids is 2. The SMILES string of the molecule is CCC(C)OC(=O)c1ccccc1OCCNC(=O)c1ccc2nc(C(C)c3nc4ccc(O)cc4[nH]3)n(C)c2c1. The molecule has 10 nitrogen and oxygen atoms in total. The van der Waals surface area contributed by atoms with Crippen LogP contribution in [0.15, 0.2) is 60.7 Å². The topological polar surface area (TPSA) is 131 Å². The number of aromatic hydroxyl groups is 1. The molecular weight excluding hydrogens is 522 g/mol. The Labute approximate surface area is 237 Å². The van der Waals surface area contributed by atoms with Gasteiger partial charge in [-0.25, -0.2) is 14.8 Å². The molecule has 0 fully saturated rings. The van der Waals surface area contributed by atoms with Gasteiger partial charge in [0.05, 0.1) is 40.6 Å². The highest BCUT2D eigenvalue weighted by atomic mass is 16.5. The van der Waals surface area contributed by atoms with E-state index in [-0.39, 0.29) is 36.8 Å². The number of phenols is 1. The van der Waals surface area contributed by atoms with Crippen LogP contribution in [0.2, 0.25) is 0 Å². The molecule has 41 heavy (non-hydrogen) atoms. The zero-order valence-electron chi connectivity index (χ0n) is 23.5. The summed E-state index contributed by atoms with van der Waals surface area (Å²) in [6, 6.07) is 17.3. The van der Waals surface area contributed by atoms with Crippen LogP contribution in [0.5, 0.6) is 11.5 Å². The van der Waals surface area contributed by atoms with Crippen molar-refractivity contribution in [1.29, 1.82) is 0 Å². The molecule has 2 atom stereocenters. The lowest BCUT2D eigenvalue weighted by atomic mass is 10.1. The maximum Gasteiger partial charge on any atom is 0.342 e. The van der Waals surface area contributed by atoms with Crippen LogP contribution < -0.4 is 10.1 Å². The van der Waals surface area contributed by atoms with Gasteiger partial charge in [-0.2, -0.15) is 0 Å². The van der Waals surface area contributed by atoms with Crippen LogP contribution in [0.1, 0.15) is 65.5 Å². The van der Waals surface area contributed by atoms with Gasteiger partial charge < -0.3 is 29.4 Å². The third-order valence-corrected chi connectivity index (χ3v) is 7.09. The van der Waals surface area contributed by atoms with E-state index >= 15 is 0 Å². The van der Waals surface area contributed by atoms with E-state index in [1.54, 1.807) is 48.5 Å². The average molecular weight is 556 g/mol. The summed E-state index contributed by atoms with van der Waals surface area (Å²) in [5, 5.41) is 12.6. The molecule has 5 aromatic rings. The van der Waals surface area contributed by atoms with Crippen molar-refractivity contribution in [3.63, 3.8) is 0 Å². The number of carbonyl (C=O) groups is 2. The predicted molar refractivity (Wildman–Crippen MR) is 155 cm³/mol. The molecule has 0 radical (unpaired) electrons. The molecule has 0 aliphatic heterocycles. The summed E-state index contributed by atoms with van der Waals surface area (Å²) in [6.07, 6.45) is 0.533. The number of imidazole rings is 2. The van der Waals surface area contributed by atoms with Crippen molar-refractivity contribution in [3.8, 4) is 11.5 Å². The Hall–Kier alpha value is -4.86. The Kier molecular flexibility index (Phi) is 7.91. The zero-order chi connectivity index (χ0) is 29.1. The number of benzene rings is 3. The minimum Gasteiger partial charge on any atom is -0.508 e. The Bertz CT molecular complexity index is 1720. The maximum atomic E-state index is 12.9. The molecule has 212 valence electrons. The van der Waals surface area contributed by atoms with Crippen molar-refractivity contribution in [3.05, 3.63) is 83.4 Å². The third-order valence-electron chi connectivity index (χ3n) is 7.09. The first-order chi connectivity index (χ1) is 19.7. The standard InChI is InChI=1S/C31H33N5O5/c1-5-18(2)41-31(39)22-8-6-7-9-27(22)40-15-14-32-30(38)20-10-12-24-26(16-20)36(4)29(35-24)19(3)28-33-23-13-11-21(37)17-25(23)34-28/h6-13,16-19,37H,5,14-15H2,1-4H3,(H,32,38)(H,33,34). The molecule has 1 amide bonds. The van der Waals surface area contributed by atoms with Crippen LogP contribution in [0.25, 0.3) is 22.1 Å². The molecule has 3 N–H and O–H groups in total. The van der Waals surface area contributed by atoms with Gasteiger partial charge in [-0.15, -0.1) is 0 Å². The summed E-state index contributed by atoms with van der Waals surface area (Å²) in [6.45, 7) is 6.24. The predicted octanol–water partition coefficient (Wildman–Crippen LogP) is 5.07. The number of aryl methyl sites for hydroxylation is 1. The van der Waals surface area contributed by atoms with E-state index in [0.29, 0.717) is 16.9 Å². The highest BCUT2D eigenvalue weighted by Crippen LogP contribution is 2.28. The van der Waals surface area contributed by atoms with Gasteiger partial charge in [0.2, 0.25) is 0 Å². The zero-order valence-corrected chi connectivity index (χ0v) is 23.5. The smallest absolute Gasteiger partial charge is 0.342 e. The number of esters is 1. The Morgan fingerprint density at radius 2 is 1.83 bits per heavy atom. The lowest BCUT2D eigenvalue weighted by Gasteiger charge is -2.14. The molecule has 0 aliphatic rings. The molecule has 2 unspecified atom stereocenters. The van der Waals surface area contributed by atoms with Gasteiger partial charge in [0.25, 0.3) is 5.91 Å². The monoisotopic (exact) mass is 555 g/mol. The van der Waals surface area contributed by atoms with E-state index in [1.807, 2.05) is 44.5 Å². The normalized spacial score (nSPS) is 12.8. The van der Waals surface area contributed by atoms with Crippen LogP contribution in [0, 0.1) is 0 Å². The van der Waals surface area contributed by atoms with E-state index in [2.05, 4.69) is 15.3 Å². The number of fused-ring (bicyclic) bond motifs is 2. The molecule has 2 heterocycles. The van der Waals surface area contributed by atoms with Crippen LogP contribution in [-0.2, 0) is 11.8 Å². The number of aromatic nitrogens is 4. The lowest BCUT2D eigenvalue weighted by molar-refractivity contribution is 0.0330. The highest BCUT2D eigenvalue weighted by molar-refractivity contribution is 5.97. The van der Waals surface area contributed by atoms with Gasteiger partial charge in [-0.05, 0) is 62.7 Å². The molecule has 0 saturated heterocycles. The van der Waals surface area contributed by atoms with Crippen LogP contribution >= 0.6 is 0 Å². The number of nitrogens with zero attached hydrogens (tertiary/aromatic N) is 3. The van der Waals surface area contributed by atoms with Crippen molar-refractivity contribution < 1.29 is 24.2 Å². The molecule has 2 aromatic heterocycles. The van der Waals surface area contributed by atoms with Crippen LogP contribution in [0.3, 0.4) is 0 Å². The molecule has 0 bridgehead atoms. The van der Waals surface area contributed by atoms with Gasteiger partial charge in [0, 0.05) is 18.7 Å². The first-order valence-corrected chi connectivity index (χ1v) is 13.6. The Balaban J connectivity index is 1.24. The Morgan fingerprint density at radius 3 is 2.63 bits per heavy atom. The quantitative estimate of drug-likeness (QED) is 0.162. The summed E-state index contributed by atoms with van der Waals surface area (Å²) in [7, 11) is 1.91. The molecule has 5 rings (SSSR count). The number of amides is 1. The van der Waals surface area contributed by atoms with Crippen molar-refractivity contribution in [2.45, 2.75) is 39.2 Å². The van der Waals surface area contributed by atoms with Crippen molar-refractivity contribution in [2.75, 3.05) is 13.2 Å². The van der Waals surface area contributed by atoms with Gasteiger partial charge in [-0.3, -0.25) is 4.79 Å². The second-order valence-corrected chi connectivity index (χ2v) is 10.0. The third kappa shape index (κ3) is 5.86. The molecule has 0 spiro atoms. The summed E-state index contributed by atoms with van der Waals surface area (Å²) < 4.78 is 13.2. The van der Waals surface area contributed by atoms with Crippen molar-refractivity contribution in [1.82, 2.24) is 24.8 Å². The largest absolute Gasteiger partial charge is 0.508 e. The average Bonchev–Trinajstić information content (AvgIpc) is 3.55. The number of nitrogens with one attached hydrogen (secondary N) is 2. The summed E-state index contributed by atoms with van der Waals surface area (Å²) in [5.41, 5.74) is 3.95. The summed E-state index contributed by atoms with van der Waals surface area (Å²) >= 11 is 0. The number of aromatic amines is 1. The maximum absolute atomic E-state index is 12.9. The number of phenolic OH excluding ortho intramolecular Hbond substituents is 1. The number of ether oxygens (including phenoxy) is 2. The Morgan fingerprint density at radius 1 is 1.05 bits per heavy atom. The molecule has 3 aromatic carbocycles. The fourth-order valence-electron chi connectivity index (χ4n) is 4.60. The number of hydrogen-bond acceptors (Lipinski definition) is 7. The second-order valence-electron chi connectivity index (χ2n) is 10.0. The number of hydrogen-bond donors (Lipinski definition) is 3. The molecule has 0 aliphatic carbocycles. The summed E-state index contributed by atoms with van der Waals surface area (Å²) in [4.78, 5) is 38.1. The first-order valence-electron chi connectivity index (χ1n) is 13.6. The van der Waals surface area contributed by atoms with E-state index in [0.717, 1.165) is 40.1 Å². The van der Waals surface area contributed by atoms with E-state index in [1.165, 1.54) is 0 Å². The van der Waals surface area contributed by atoms with Gasteiger partial charge in [0.15, 0.2) is 0 Å². The molecule has 10 heteroatoms. The van der Waals surface area contributed by atoms with E-state index in [9.17, 15) is 14.7 Å². The van der Waals surface area contributed by atoms with Gasteiger partial charge in [-0.1, -0.05) is 19.1 Å². The van der Waals surface area contributed by atoms with Gasteiger partial charge in [0.1, 0.15) is 35.3 Å². The highest BCUT2D eigenvalue weighted by Gasteiger charge is 2.21. The first kappa shape index (κ1) is 27.7. The molecular formula is C31H33N5O5. The van der Waals surface area contributed by atoms with Crippen molar-refractivity contribution in [2.24, 2.45) is 7.05 Å². The van der Waals surface area contributed by atoms with Crippen molar-refractivity contribution >= 4 is 33.9 Å². The minimum atomic E-state index is -0.434. The number of para-hydroxylation sites is 1.